The van der Waals surface area contributed by atoms with Crippen molar-refractivity contribution in [1.82, 2.24) is 0 Å². The highest BCUT2D eigenvalue weighted by Crippen LogP contribution is 2.27. The molecule has 120 valence electrons. The molecule has 0 unspecified atom stereocenters. The fraction of sp³-hybridized carbons (Fsp3) is 0.125. The molecule has 0 spiro atoms. The van der Waals surface area contributed by atoms with Crippen molar-refractivity contribution in [2.75, 3.05) is 11.9 Å². The highest BCUT2D eigenvalue weighted by atomic mass is 35.5. The van der Waals surface area contributed by atoms with E-state index in [1.165, 1.54) is 13.0 Å². The molecular formula is C16H13Cl2NO4. The van der Waals surface area contributed by atoms with Gasteiger partial charge >= 0.3 is 5.97 Å². The fourth-order valence-corrected chi connectivity index (χ4v) is 2.03. The van der Waals surface area contributed by atoms with Gasteiger partial charge in [0.2, 0.25) is 5.91 Å². The summed E-state index contributed by atoms with van der Waals surface area (Å²) in [6.45, 7) is 1.10. The first kappa shape index (κ1) is 17.1. The van der Waals surface area contributed by atoms with E-state index < -0.39 is 5.97 Å². The van der Waals surface area contributed by atoms with E-state index in [2.05, 4.69) is 5.32 Å². The van der Waals surface area contributed by atoms with Crippen LogP contribution < -0.4 is 14.8 Å². The van der Waals surface area contributed by atoms with Gasteiger partial charge in [-0.25, -0.2) is 4.79 Å². The van der Waals surface area contributed by atoms with E-state index in [4.69, 9.17) is 32.7 Å². The summed E-state index contributed by atoms with van der Waals surface area (Å²) < 4.78 is 10.4. The van der Waals surface area contributed by atoms with Gasteiger partial charge in [-0.15, -0.1) is 0 Å². The number of hydrogen-bond donors (Lipinski definition) is 1. The molecule has 0 aliphatic rings. The van der Waals surface area contributed by atoms with Crippen LogP contribution in [0.4, 0.5) is 5.69 Å². The molecule has 2 rings (SSSR count). The number of anilines is 1. The van der Waals surface area contributed by atoms with Crippen molar-refractivity contribution in [3.05, 3.63) is 52.5 Å². The van der Waals surface area contributed by atoms with Crippen molar-refractivity contribution in [1.29, 1.82) is 0 Å². The Bertz CT molecular complexity index is 717. The second-order valence-corrected chi connectivity index (χ2v) is 5.39. The molecule has 0 aliphatic carbocycles. The van der Waals surface area contributed by atoms with Crippen molar-refractivity contribution in [3.63, 3.8) is 0 Å². The molecule has 0 saturated carbocycles. The summed E-state index contributed by atoms with van der Waals surface area (Å²) in [5.41, 5.74) is 0.610. The Morgan fingerprint density at radius 1 is 1.09 bits per heavy atom. The third-order valence-corrected chi connectivity index (χ3v) is 3.19. The Hall–Kier alpha value is -2.24. The van der Waals surface area contributed by atoms with Crippen LogP contribution >= 0.6 is 23.2 Å². The minimum atomic E-state index is -0.590. The van der Waals surface area contributed by atoms with Crippen LogP contribution in [0.5, 0.6) is 11.5 Å². The normalized spacial score (nSPS) is 10.0. The summed E-state index contributed by atoms with van der Waals surface area (Å²) >= 11 is 11.8. The molecule has 0 radical (unpaired) electrons. The number of benzene rings is 2. The lowest BCUT2D eigenvalue weighted by Gasteiger charge is -2.09. The Morgan fingerprint density at radius 3 is 2.43 bits per heavy atom. The van der Waals surface area contributed by atoms with Gasteiger partial charge in [0.1, 0.15) is 11.5 Å². The number of halogens is 2. The van der Waals surface area contributed by atoms with Gasteiger partial charge < -0.3 is 14.8 Å². The average Bonchev–Trinajstić information content (AvgIpc) is 2.50. The van der Waals surface area contributed by atoms with E-state index in [9.17, 15) is 9.59 Å². The minimum absolute atomic E-state index is 0.179. The van der Waals surface area contributed by atoms with Crippen molar-refractivity contribution < 1.29 is 19.1 Å². The van der Waals surface area contributed by atoms with Crippen LogP contribution in [0.15, 0.2) is 42.5 Å². The van der Waals surface area contributed by atoms with Crippen molar-refractivity contribution in [2.45, 2.75) is 6.92 Å². The largest absolute Gasteiger partial charge is 0.480 e. The first-order valence-corrected chi connectivity index (χ1v) is 7.36. The van der Waals surface area contributed by atoms with Crippen molar-refractivity contribution in [3.8, 4) is 11.5 Å². The zero-order valence-corrected chi connectivity index (χ0v) is 13.6. The van der Waals surface area contributed by atoms with E-state index in [0.29, 0.717) is 27.2 Å². The number of esters is 1. The maximum atomic E-state index is 11.8. The third-order valence-electron chi connectivity index (χ3n) is 2.65. The Morgan fingerprint density at radius 2 is 1.78 bits per heavy atom. The summed E-state index contributed by atoms with van der Waals surface area (Å²) in [6.07, 6.45) is 0. The maximum absolute atomic E-state index is 11.8. The number of ether oxygens (including phenoxy) is 2. The molecular weight excluding hydrogens is 341 g/mol. The van der Waals surface area contributed by atoms with E-state index in [1.54, 1.807) is 36.4 Å². The summed E-state index contributed by atoms with van der Waals surface area (Å²) in [6, 6.07) is 11.1. The molecule has 5 nitrogen and oxygen atoms in total. The lowest BCUT2D eigenvalue weighted by Crippen LogP contribution is -2.17. The first-order valence-electron chi connectivity index (χ1n) is 6.60. The summed E-state index contributed by atoms with van der Waals surface area (Å²) in [4.78, 5) is 22.7. The minimum Gasteiger partial charge on any atom is -0.480 e. The highest BCUT2D eigenvalue weighted by Gasteiger charge is 2.09. The Labute approximate surface area is 143 Å². The van der Waals surface area contributed by atoms with Gasteiger partial charge in [0, 0.05) is 23.7 Å². The second kappa shape index (κ2) is 7.85. The van der Waals surface area contributed by atoms with E-state index >= 15 is 0 Å². The lowest BCUT2D eigenvalue weighted by molar-refractivity contribution is -0.136. The molecule has 2 aromatic carbocycles. The number of amides is 1. The zero-order valence-electron chi connectivity index (χ0n) is 12.1. The van der Waals surface area contributed by atoms with Crippen LogP contribution in [-0.4, -0.2) is 18.5 Å². The van der Waals surface area contributed by atoms with Gasteiger partial charge in [-0.2, -0.15) is 0 Å². The van der Waals surface area contributed by atoms with Gasteiger partial charge in [-0.05, 0) is 36.4 Å². The Kier molecular flexibility index (Phi) is 5.84. The van der Waals surface area contributed by atoms with Gasteiger partial charge in [0.25, 0.3) is 0 Å². The zero-order chi connectivity index (χ0) is 16.8. The molecule has 0 atom stereocenters. The van der Waals surface area contributed by atoms with Crippen LogP contribution in [0.25, 0.3) is 0 Å². The summed E-state index contributed by atoms with van der Waals surface area (Å²) in [5.74, 6) is -0.128. The number of carbonyl (C=O) groups is 2. The molecule has 0 aliphatic heterocycles. The van der Waals surface area contributed by atoms with Gasteiger partial charge in [0.05, 0.1) is 5.02 Å². The maximum Gasteiger partial charge on any atom is 0.349 e. The molecule has 0 bridgehead atoms. The number of hydrogen-bond acceptors (Lipinski definition) is 4. The molecule has 23 heavy (non-hydrogen) atoms. The van der Waals surface area contributed by atoms with Gasteiger partial charge in [-0.1, -0.05) is 23.2 Å². The topological polar surface area (TPSA) is 64.6 Å². The summed E-state index contributed by atoms with van der Waals surface area (Å²) in [7, 11) is 0. The predicted molar refractivity (Wildman–Crippen MR) is 88.3 cm³/mol. The fourth-order valence-electron chi connectivity index (χ4n) is 1.69. The molecule has 0 saturated heterocycles. The van der Waals surface area contributed by atoms with E-state index in [-0.39, 0.29) is 12.5 Å². The first-order chi connectivity index (χ1) is 10.9. The molecule has 0 fully saturated rings. The van der Waals surface area contributed by atoms with Crippen LogP contribution in [-0.2, 0) is 9.59 Å². The molecule has 0 aromatic heterocycles. The molecule has 1 amide bonds. The number of nitrogens with one attached hydrogen (secondary N) is 1. The molecule has 1 N–H and O–H groups in total. The number of carbonyl (C=O) groups excluding carboxylic acids is 2. The average molecular weight is 354 g/mol. The van der Waals surface area contributed by atoms with Crippen molar-refractivity contribution >= 4 is 40.8 Å². The van der Waals surface area contributed by atoms with Gasteiger partial charge in [0.15, 0.2) is 6.61 Å². The highest BCUT2D eigenvalue weighted by molar-refractivity contribution is 6.34. The van der Waals surface area contributed by atoms with Crippen LogP contribution in [0.2, 0.25) is 10.0 Å². The van der Waals surface area contributed by atoms with Gasteiger partial charge in [-0.3, -0.25) is 4.79 Å². The SMILES string of the molecule is CC(=O)Nc1ccc(OC(=O)COc2cc(Cl)ccc2Cl)cc1. The smallest absolute Gasteiger partial charge is 0.349 e. The second-order valence-electron chi connectivity index (χ2n) is 4.54. The van der Waals surface area contributed by atoms with Crippen LogP contribution in [0, 0.1) is 0 Å². The monoisotopic (exact) mass is 353 g/mol. The standard InChI is InChI=1S/C16H13Cl2NO4/c1-10(20)19-12-3-5-13(6-4-12)23-16(21)9-22-15-8-11(17)2-7-14(15)18/h2-8H,9H2,1H3,(H,19,20). The third kappa shape index (κ3) is 5.47. The molecule has 2 aromatic rings. The molecule has 7 heteroatoms. The Balaban J connectivity index is 1.89. The lowest BCUT2D eigenvalue weighted by atomic mass is 10.3. The van der Waals surface area contributed by atoms with E-state index in [0.717, 1.165) is 0 Å². The van der Waals surface area contributed by atoms with Crippen molar-refractivity contribution in [2.24, 2.45) is 0 Å². The summed E-state index contributed by atoms with van der Waals surface area (Å²) in [5, 5.41) is 3.41. The number of rotatable bonds is 5. The van der Waals surface area contributed by atoms with E-state index in [1.807, 2.05) is 0 Å². The van der Waals surface area contributed by atoms with Crippen LogP contribution in [0.3, 0.4) is 0 Å². The predicted octanol–water partition coefficient (Wildman–Crippen LogP) is 3.94. The quantitative estimate of drug-likeness (QED) is 0.653. The van der Waals surface area contributed by atoms with Crippen LogP contribution in [0.1, 0.15) is 6.92 Å². The molecule has 0 heterocycles.